The third-order valence-electron chi connectivity index (χ3n) is 3.37. The molecule has 0 saturated heterocycles. The lowest BCUT2D eigenvalue weighted by molar-refractivity contribution is 0.637. The van der Waals surface area contributed by atoms with Gasteiger partial charge in [-0.15, -0.1) is 11.3 Å². The molecule has 0 bridgehead atoms. The Morgan fingerprint density at radius 3 is 2.94 bits per heavy atom. The molecule has 1 fully saturated rings. The lowest BCUT2D eigenvalue weighted by Crippen LogP contribution is -2.15. The molecule has 1 N–H and O–H groups in total. The highest BCUT2D eigenvalue weighted by Crippen LogP contribution is 2.29. The average Bonchev–Trinajstić information content (AvgIpc) is 3.08. The molecule has 1 heterocycles. The van der Waals surface area contributed by atoms with Crippen molar-refractivity contribution in [2.75, 3.05) is 6.54 Å². The molecule has 0 atom stereocenters. The minimum absolute atomic E-state index is 0.910. The summed E-state index contributed by atoms with van der Waals surface area (Å²) in [6.07, 6.45) is 4.81. The second-order valence-electron chi connectivity index (χ2n) is 5.01. The number of thiazole rings is 1. The molecule has 0 spiro atoms. The highest BCUT2D eigenvalue weighted by atomic mass is 32.1. The zero-order chi connectivity index (χ0) is 12.4. The predicted molar refractivity (Wildman–Crippen MR) is 76.7 cm³/mol. The molecule has 0 amide bonds. The molecule has 1 aromatic heterocycles. The molecular formula is C15H18N2S. The van der Waals surface area contributed by atoms with Gasteiger partial charge >= 0.3 is 0 Å². The van der Waals surface area contributed by atoms with Crippen LogP contribution in [0.15, 0.2) is 30.5 Å². The summed E-state index contributed by atoms with van der Waals surface area (Å²) < 4.78 is 0. The molecule has 1 aromatic carbocycles. The second kappa shape index (κ2) is 5.21. The van der Waals surface area contributed by atoms with Gasteiger partial charge in [0, 0.05) is 12.7 Å². The molecule has 2 aromatic rings. The van der Waals surface area contributed by atoms with Crippen molar-refractivity contribution in [3.05, 3.63) is 41.0 Å². The van der Waals surface area contributed by atoms with Crippen LogP contribution in [0.1, 0.15) is 23.4 Å². The fraction of sp³-hybridized carbons (Fsp3) is 0.400. The van der Waals surface area contributed by atoms with E-state index >= 15 is 0 Å². The van der Waals surface area contributed by atoms with Gasteiger partial charge in [0.25, 0.3) is 0 Å². The smallest absolute Gasteiger partial charge is 0.107 e. The molecule has 3 heteroatoms. The van der Waals surface area contributed by atoms with E-state index in [9.17, 15) is 0 Å². The van der Waals surface area contributed by atoms with E-state index in [0.717, 1.165) is 19.0 Å². The Morgan fingerprint density at radius 1 is 1.33 bits per heavy atom. The molecule has 3 rings (SSSR count). The first-order valence-corrected chi connectivity index (χ1v) is 7.36. The summed E-state index contributed by atoms with van der Waals surface area (Å²) in [5.41, 5.74) is 2.63. The maximum Gasteiger partial charge on any atom is 0.107 e. The quantitative estimate of drug-likeness (QED) is 0.886. The Balaban J connectivity index is 1.66. The molecule has 0 aliphatic heterocycles. The molecule has 0 radical (unpaired) electrons. The van der Waals surface area contributed by atoms with Gasteiger partial charge in [-0.05, 0) is 43.4 Å². The average molecular weight is 258 g/mol. The lowest BCUT2D eigenvalue weighted by Gasteiger charge is -2.01. The van der Waals surface area contributed by atoms with Gasteiger partial charge in [-0.3, -0.25) is 0 Å². The highest BCUT2D eigenvalue weighted by Gasteiger charge is 2.20. The number of aryl methyl sites for hydroxylation is 1. The van der Waals surface area contributed by atoms with Crippen molar-refractivity contribution in [3.63, 3.8) is 0 Å². The summed E-state index contributed by atoms with van der Waals surface area (Å²) in [5.74, 6) is 0.931. The van der Waals surface area contributed by atoms with Gasteiger partial charge in [-0.1, -0.05) is 24.3 Å². The lowest BCUT2D eigenvalue weighted by atomic mass is 10.1. The van der Waals surface area contributed by atoms with Gasteiger partial charge in [0.05, 0.1) is 4.88 Å². The first kappa shape index (κ1) is 11.9. The fourth-order valence-electron chi connectivity index (χ4n) is 2.07. The van der Waals surface area contributed by atoms with Crippen LogP contribution in [0.3, 0.4) is 0 Å². The van der Waals surface area contributed by atoms with Crippen molar-refractivity contribution in [1.29, 1.82) is 0 Å². The summed E-state index contributed by atoms with van der Waals surface area (Å²) in [6.45, 7) is 4.21. The Morgan fingerprint density at radius 2 is 2.17 bits per heavy atom. The predicted octanol–water partition coefficient (Wildman–Crippen LogP) is 3.62. The maximum atomic E-state index is 4.51. The first-order valence-electron chi connectivity index (χ1n) is 6.54. The standard InChI is InChI=1S/C15H18N2S/c1-11-4-2-3-5-13(11)14-9-17-15(18-14)10-16-8-12-6-7-12/h2-5,9,12,16H,6-8,10H2,1H3. The topological polar surface area (TPSA) is 24.9 Å². The molecule has 1 aliphatic carbocycles. The SMILES string of the molecule is Cc1ccccc1-c1cnc(CNCC2CC2)s1. The van der Waals surface area contributed by atoms with E-state index in [1.807, 2.05) is 6.20 Å². The number of nitrogens with one attached hydrogen (secondary N) is 1. The summed E-state index contributed by atoms with van der Waals surface area (Å²) in [6, 6.07) is 8.50. The zero-order valence-corrected chi connectivity index (χ0v) is 11.5. The van der Waals surface area contributed by atoms with Gasteiger partial charge in [0.1, 0.15) is 5.01 Å². The van der Waals surface area contributed by atoms with Crippen molar-refractivity contribution in [2.45, 2.75) is 26.3 Å². The van der Waals surface area contributed by atoms with Crippen LogP contribution in [-0.2, 0) is 6.54 Å². The third-order valence-corrected chi connectivity index (χ3v) is 4.40. The first-order chi connectivity index (χ1) is 8.83. The summed E-state index contributed by atoms with van der Waals surface area (Å²) in [4.78, 5) is 5.78. The van der Waals surface area contributed by atoms with Crippen LogP contribution >= 0.6 is 11.3 Å². The zero-order valence-electron chi connectivity index (χ0n) is 10.6. The normalized spacial score (nSPS) is 14.9. The number of benzene rings is 1. The van der Waals surface area contributed by atoms with E-state index in [-0.39, 0.29) is 0 Å². The number of rotatable bonds is 5. The van der Waals surface area contributed by atoms with E-state index in [0.29, 0.717) is 0 Å². The molecule has 2 nitrogen and oxygen atoms in total. The van der Waals surface area contributed by atoms with E-state index < -0.39 is 0 Å². The van der Waals surface area contributed by atoms with Gasteiger partial charge < -0.3 is 5.32 Å². The molecular weight excluding hydrogens is 240 g/mol. The van der Waals surface area contributed by atoms with Crippen LogP contribution in [-0.4, -0.2) is 11.5 Å². The van der Waals surface area contributed by atoms with Gasteiger partial charge in [0.2, 0.25) is 0 Å². The van der Waals surface area contributed by atoms with Crippen molar-refractivity contribution in [2.24, 2.45) is 5.92 Å². The molecule has 94 valence electrons. The minimum Gasteiger partial charge on any atom is -0.310 e. The summed E-state index contributed by atoms with van der Waals surface area (Å²) in [5, 5.41) is 4.68. The number of hydrogen-bond donors (Lipinski definition) is 1. The van der Waals surface area contributed by atoms with Gasteiger partial charge in [-0.25, -0.2) is 4.98 Å². The van der Waals surface area contributed by atoms with E-state index in [1.54, 1.807) is 11.3 Å². The van der Waals surface area contributed by atoms with Crippen molar-refractivity contribution >= 4 is 11.3 Å². The second-order valence-corrected chi connectivity index (χ2v) is 6.12. The Labute approximate surface area is 112 Å². The van der Waals surface area contributed by atoms with Crippen LogP contribution in [0.5, 0.6) is 0 Å². The number of hydrogen-bond acceptors (Lipinski definition) is 3. The van der Waals surface area contributed by atoms with E-state index in [4.69, 9.17) is 0 Å². The molecule has 0 unspecified atom stereocenters. The Hall–Kier alpha value is -1.19. The van der Waals surface area contributed by atoms with Crippen molar-refractivity contribution in [1.82, 2.24) is 10.3 Å². The number of nitrogens with zero attached hydrogens (tertiary/aromatic N) is 1. The van der Waals surface area contributed by atoms with Crippen molar-refractivity contribution < 1.29 is 0 Å². The van der Waals surface area contributed by atoms with Crippen LogP contribution in [0.25, 0.3) is 10.4 Å². The Bertz CT molecular complexity index is 529. The number of aromatic nitrogens is 1. The van der Waals surface area contributed by atoms with Crippen LogP contribution in [0, 0.1) is 12.8 Å². The molecule has 1 aliphatic rings. The summed E-state index contributed by atoms with van der Waals surface area (Å²) >= 11 is 1.80. The van der Waals surface area contributed by atoms with Gasteiger partial charge in [0.15, 0.2) is 0 Å². The van der Waals surface area contributed by atoms with Gasteiger partial charge in [-0.2, -0.15) is 0 Å². The fourth-order valence-corrected chi connectivity index (χ4v) is 3.05. The van der Waals surface area contributed by atoms with Crippen LogP contribution in [0.2, 0.25) is 0 Å². The van der Waals surface area contributed by atoms with Crippen molar-refractivity contribution in [3.8, 4) is 10.4 Å². The maximum absolute atomic E-state index is 4.51. The summed E-state index contributed by atoms with van der Waals surface area (Å²) in [7, 11) is 0. The minimum atomic E-state index is 0.910. The highest BCUT2D eigenvalue weighted by molar-refractivity contribution is 7.15. The van der Waals surface area contributed by atoms with E-state index in [1.165, 1.54) is 33.9 Å². The molecule has 18 heavy (non-hydrogen) atoms. The van der Waals surface area contributed by atoms with E-state index in [2.05, 4.69) is 41.5 Å². The monoisotopic (exact) mass is 258 g/mol. The molecule has 1 saturated carbocycles. The third kappa shape index (κ3) is 2.79. The Kier molecular flexibility index (Phi) is 3.43. The van der Waals surface area contributed by atoms with Crippen LogP contribution < -0.4 is 5.32 Å². The largest absolute Gasteiger partial charge is 0.310 e. The van der Waals surface area contributed by atoms with Crippen LogP contribution in [0.4, 0.5) is 0 Å².